The standard InChI is InChI=1S/C13H14F2O4/c14-10-5-9(13(16)17)6-11(15)12(10)19-7-8-1-3-18-4-2-8/h5-6,8H,1-4,7H2,(H,16,17). The number of aromatic carboxylic acids is 1. The number of halogens is 2. The van der Waals surface area contributed by atoms with E-state index < -0.39 is 28.9 Å². The van der Waals surface area contributed by atoms with Crippen LogP contribution in [-0.4, -0.2) is 30.9 Å². The fourth-order valence-electron chi connectivity index (χ4n) is 1.94. The Hall–Kier alpha value is -1.69. The van der Waals surface area contributed by atoms with E-state index in [9.17, 15) is 13.6 Å². The highest BCUT2D eigenvalue weighted by atomic mass is 19.1. The van der Waals surface area contributed by atoms with E-state index in [0.717, 1.165) is 25.0 Å². The summed E-state index contributed by atoms with van der Waals surface area (Å²) in [4.78, 5) is 10.6. The highest BCUT2D eigenvalue weighted by molar-refractivity contribution is 5.87. The summed E-state index contributed by atoms with van der Waals surface area (Å²) in [6, 6.07) is 1.51. The lowest BCUT2D eigenvalue weighted by atomic mass is 10.0. The van der Waals surface area contributed by atoms with Crippen LogP contribution >= 0.6 is 0 Å². The first-order valence-electron chi connectivity index (χ1n) is 6.01. The predicted molar refractivity (Wildman–Crippen MR) is 62.4 cm³/mol. The van der Waals surface area contributed by atoms with Gasteiger partial charge in [-0.3, -0.25) is 0 Å². The van der Waals surface area contributed by atoms with E-state index in [1.54, 1.807) is 0 Å². The lowest BCUT2D eigenvalue weighted by molar-refractivity contribution is 0.0484. The smallest absolute Gasteiger partial charge is 0.335 e. The summed E-state index contributed by atoms with van der Waals surface area (Å²) in [6.45, 7) is 1.44. The molecule has 2 rings (SSSR count). The molecule has 4 nitrogen and oxygen atoms in total. The van der Waals surface area contributed by atoms with Gasteiger partial charge in [-0.2, -0.15) is 0 Å². The Morgan fingerprint density at radius 1 is 1.32 bits per heavy atom. The first-order chi connectivity index (χ1) is 9.08. The van der Waals surface area contributed by atoms with Gasteiger partial charge in [-0.15, -0.1) is 0 Å². The summed E-state index contributed by atoms with van der Waals surface area (Å²) in [7, 11) is 0. The van der Waals surface area contributed by atoms with Crippen LogP contribution in [0.25, 0.3) is 0 Å². The molecule has 6 heteroatoms. The highest BCUT2D eigenvalue weighted by Crippen LogP contribution is 2.25. The Kier molecular flexibility index (Phi) is 4.31. The molecule has 0 bridgehead atoms. The van der Waals surface area contributed by atoms with Crippen LogP contribution in [0.1, 0.15) is 23.2 Å². The van der Waals surface area contributed by atoms with E-state index >= 15 is 0 Å². The summed E-state index contributed by atoms with van der Waals surface area (Å²) in [5.74, 6) is -3.69. The molecule has 0 aromatic heterocycles. The summed E-state index contributed by atoms with van der Waals surface area (Å²) < 4.78 is 37.5. The van der Waals surface area contributed by atoms with E-state index in [-0.39, 0.29) is 12.5 Å². The molecule has 1 N–H and O–H groups in total. The average Bonchev–Trinajstić information content (AvgIpc) is 2.38. The van der Waals surface area contributed by atoms with Crippen molar-refractivity contribution in [3.05, 3.63) is 29.3 Å². The number of carbonyl (C=O) groups is 1. The van der Waals surface area contributed by atoms with E-state index in [2.05, 4.69) is 0 Å². The van der Waals surface area contributed by atoms with Crippen molar-refractivity contribution in [3.63, 3.8) is 0 Å². The van der Waals surface area contributed by atoms with E-state index in [4.69, 9.17) is 14.6 Å². The number of rotatable bonds is 4. The van der Waals surface area contributed by atoms with E-state index in [1.165, 1.54) is 0 Å². The Morgan fingerprint density at radius 3 is 2.42 bits per heavy atom. The third-order valence-electron chi connectivity index (χ3n) is 3.05. The number of hydrogen-bond donors (Lipinski definition) is 1. The fourth-order valence-corrected chi connectivity index (χ4v) is 1.94. The maximum absolute atomic E-state index is 13.6. The Morgan fingerprint density at radius 2 is 1.89 bits per heavy atom. The minimum atomic E-state index is -1.38. The number of benzene rings is 1. The third-order valence-corrected chi connectivity index (χ3v) is 3.05. The summed E-state index contributed by atoms with van der Waals surface area (Å²) in [6.07, 6.45) is 1.58. The summed E-state index contributed by atoms with van der Waals surface area (Å²) in [5.41, 5.74) is -0.437. The first-order valence-corrected chi connectivity index (χ1v) is 6.01. The molecule has 1 fully saturated rings. The normalized spacial score (nSPS) is 16.3. The Bertz CT molecular complexity index is 447. The largest absolute Gasteiger partial charge is 0.487 e. The Labute approximate surface area is 108 Å². The van der Waals surface area contributed by atoms with Crippen molar-refractivity contribution in [2.45, 2.75) is 12.8 Å². The molecule has 0 saturated carbocycles. The molecular weight excluding hydrogens is 258 g/mol. The van der Waals surface area contributed by atoms with Gasteiger partial charge in [0.2, 0.25) is 0 Å². The minimum Gasteiger partial charge on any atom is -0.487 e. The zero-order valence-corrected chi connectivity index (χ0v) is 10.2. The van der Waals surface area contributed by atoms with Crippen molar-refractivity contribution in [1.82, 2.24) is 0 Å². The van der Waals surface area contributed by atoms with Gasteiger partial charge in [-0.1, -0.05) is 0 Å². The predicted octanol–water partition coefficient (Wildman–Crippen LogP) is 2.47. The summed E-state index contributed by atoms with van der Waals surface area (Å²) >= 11 is 0. The molecule has 1 saturated heterocycles. The number of carboxylic acids is 1. The van der Waals surface area contributed by atoms with Crippen LogP contribution in [0.15, 0.2) is 12.1 Å². The minimum absolute atomic E-state index is 0.198. The topological polar surface area (TPSA) is 55.8 Å². The second-order valence-electron chi connectivity index (χ2n) is 4.44. The third kappa shape index (κ3) is 3.41. The van der Waals surface area contributed by atoms with Crippen molar-refractivity contribution in [1.29, 1.82) is 0 Å². The molecule has 1 heterocycles. The van der Waals surface area contributed by atoms with Gasteiger partial charge in [0.1, 0.15) is 0 Å². The Balaban J connectivity index is 2.05. The van der Waals surface area contributed by atoms with Crippen LogP contribution in [0.3, 0.4) is 0 Å². The zero-order valence-electron chi connectivity index (χ0n) is 10.2. The summed E-state index contributed by atoms with van der Waals surface area (Å²) in [5, 5.41) is 8.67. The second kappa shape index (κ2) is 5.97. The van der Waals surface area contributed by atoms with Crippen molar-refractivity contribution >= 4 is 5.97 Å². The molecule has 1 aliphatic heterocycles. The van der Waals surface area contributed by atoms with Gasteiger partial charge in [0, 0.05) is 13.2 Å². The van der Waals surface area contributed by atoms with Gasteiger partial charge in [-0.25, -0.2) is 13.6 Å². The monoisotopic (exact) mass is 272 g/mol. The van der Waals surface area contributed by atoms with Gasteiger partial charge in [0.25, 0.3) is 0 Å². The van der Waals surface area contributed by atoms with Gasteiger partial charge in [0.05, 0.1) is 12.2 Å². The second-order valence-corrected chi connectivity index (χ2v) is 4.44. The molecule has 1 aliphatic rings. The van der Waals surface area contributed by atoms with Crippen LogP contribution in [0.5, 0.6) is 5.75 Å². The van der Waals surface area contributed by atoms with Crippen LogP contribution < -0.4 is 4.74 Å². The maximum Gasteiger partial charge on any atom is 0.335 e. The van der Waals surface area contributed by atoms with Crippen LogP contribution in [0.4, 0.5) is 8.78 Å². The average molecular weight is 272 g/mol. The molecule has 104 valence electrons. The van der Waals surface area contributed by atoms with Crippen molar-refractivity contribution < 1.29 is 28.2 Å². The highest BCUT2D eigenvalue weighted by Gasteiger charge is 2.19. The molecule has 0 aliphatic carbocycles. The quantitative estimate of drug-likeness (QED) is 0.914. The lowest BCUT2D eigenvalue weighted by Crippen LogP contribution is -2.22. The molecule has 1 aromatic carbocycles. The molecule has 19 heavy (non-hydrogen) atoms. The van der Waals surface area contributed by atoms with Gasteiger partial charge < -0.3 is 14.6 Å². The molecule has 0 amide bonds. The number of hydrogen-bond acceptors (Lipinski definition) is 3. The number of carboxylic acid groups (broad SMARTS) is 1. The van der Waals surface area contributed by atoms with E-state index in [0.29, 0.717) is 13.2 Å². The maximum atomic E-state index is 13.6. The van der Waals surface area contributed by atoms with Crippen molar-refractivity contribution in [3.8, 4) is 5.75 Å². The van der Waals surface area contributed by atoms with Crippen LogP contribution in [0, 0.1) is 17.6 Å². The molecule has 0 unspecified atom stereocenters. The van der Waals surface area contributed by atoms with Crippen molar-refractivity contribution in [2.75, 3.05) is 19.8 Å². The van der Waals surface area contributed by atoms with Crippen LogP contribution in [-0.2, 0) is 4.74 Å². The molecule has 0 atom stereocenters. The molecular formula is C13H14F2O4. The molecule has 0 radical (unpaired) electrons. The van der Waals surface area contributed by atoms with E-state index in [1.807, 2.05) is 0 Å². The van der Waals surface area contributed by atoms with Gasteiger partial charge in [0.15, 0.2) is 17.4 Å². The van der Waals surface area contributed by atoms with Crippen LogP contribution in [0.2, 0.25) is 0 Å². The molecule has 0 spiro atoms. The van der Waals surface area contributed by atoms with Gasteiger partial charge in [-0.05, 0) is 30.9 Å². The van der Waals surface area contributed by atoms with Crippen molar-refractivity contribution in [2.24, 2.45) is 5.92 Å². The number of ether oxygens (including phenoxy) is 2. The fraction of sp³-hybridized carbons (Fsp3) is 0.462. The van der Waals surface area contributed by atoms with Gasteiger partial charge >= 0.3 is 5.97 Å². The molecule has 1 aromatic rings. The zero-order chi connectivity index (χ0) is 13.8. The lowest BCUT2D eigenvalue weighted by Gasteiger charge is -2.22. The SMILES string of the molecule is O=C(O)c1cc(F)c(OCC2CCOCC2)c(F)c1. The first kappa shape index (κ1) is 13.7.